The number of rotatable bonds is 8. The van der Waals surface area contributed by atoms with Gasteiger partial charge in [0.1, 0.15) is 5.02 Å². The molecule has 0 saturated carbocycles. The molecule has 0 saturated heterocycles. The van der Waals surface area contributed by atoms with E-state index in [0.29, 0.717) is 12.1 Å². The Bertz CT molecular complexity index is 485. The van der Waals surface area contributed by atoms with Gasteiger partial charge in [0.05, 0.1) is 4.92 Å². The third-order valence-electron chi connectivity index (χ3n) is 2.39. The van der Waals surface area contributed by atoms with Crippen LogP contribution in [0.4, 0.5) is 5.69 Å². The first kappa shape index (κ1) is 16.7. The molecular formula is C12H15ClN2O4S. The number of carbonyl (C=O) groups excluding carboxylic acids is 1. The maximum Gasteiger partial charge on any atom is 0.287 e. The van der Waals surface area contributed by atoms with Gasteiger partial charge in [-0.05, 0) is 24.3 Å². The Labute approximate surface area is 125 Å². The average molecular weight is 319 g/mol. The Morgan fingerprint density at radius 3 is 2.80 bits per heavy atom. The number of halogens is 1. The quantitative estimate of drug-likeness (QED) is 0.435. The van der Waals surface area contributed by atoms with Crippen molar-refractivity contribution in [1.29, 1.82) is 0 Å². The van der Waals surface area contributed by atoms with Gasteiger partial charge < -0.3 is 10.4 Å². The Hall–Kier alpha value is -1.31. The SMILES string of the molecule is O=C(NCCSCCCO)c1ccc([N+](=O)[O-])c(Cl)c1. The zero-order valence-electron chi connectivity index (χ0n) is 10.7. The summed E-state index contributed by atoms with van der Waals surface area (Å²) in [6.45, 7) is 0.657. The predicted octanol–water partition coefficient (Wildman–Crippen LogP) is 2.09. The number of hydrogen-bond acceptors (Lipinski definition) is 5. The van der Waals surface area contributed by atoms with E-state index in [0.717, 1.165) is 17.9 Å². The van der Waals surface area contributed by atoms with Gasteiger partial charge in [-0.25, -0.2) is 0 Å². The topological polar surface area (TPSA) is 92.5 Å². The normalized spacial score (nSPS) is 10.3. The number of carbonyl (C=O) groups is 1. The van der Waals surface area contributed by atoms with Gasteiger partial charge in [-0.2, -0.15) is 11.8 Å². The van der Waals surface area contributed by atoms with E-state index in [-0.39, 0.29) is 23.2 Å². The van der Waals surface area contributed by atoms with Gasteiger partial charge in [0.25, 0.3) is 11.6 Å². The highest BCUT2D eigenvalue weighted by molar-refractivity contribution is 7.99. The molecule has 20 heavy (non-hydrogen) atoms. The first-order valence-corrected chi connectivity index (χ1v) is 7.50. The smallest absolute Gasteiger partial charge is 0.287 e. The third-order valence-corrected chi connectivity index (χ3v) is 3.76. The van der Waals surface area contributed by atoms with E-state index in [9.17, 15) is 14.9 Å². The molecule has 2 N–H and O–H groups in total. The van der Waals surface area contributed by atoms with Crippen LogP contribution in [-0.4, -0.2) is 40.6 Å². The minimum absolute atomic E-state index is 0.0556. The van der Waals surface area contributed by atoms with Crippen LogP contribution in [0.25, 0.3) is 0 Å². The molecule has 1 aromatic rings. The molecule has 0 fully saturated rings. The summed E-state index contributed by atoms with van der Waals surface area (Å²) in [7, 11) is 0. The van der Waals surface area contributed by atoms with Crippen LogP contribution in [0, 0.1) is 10.1 Å². The fraction of sp³-hybridized carbons (Fsp3) is 0.417. The van der Waals surface area contributed by atoms with Crippen LogP contribution >= 0.6 is 23.4 Å². The van der Waals surface area contributed by atoms with Crippen molar-refractivity contribution in [2.24, 2.45) is 0 Å². The molecule has 1 aromatic carbocycles. The molecule has 0 spiro atoms. The molecule has 0 unspecified atom stereocenters. The van der Waals surface area contributed by atoms with Crippen molar-refractivity contribution >= 4 is 35.0 Å². The molecule has 0 radical (unpaired) electrons. The number of thioether (sulfide) groups is 1. The van der Waals surface area contributed by atoms with Gasteiger partial charge in [0, 0.05) is 30.5 Å². The third kappa shape index (κ3) is 5.36. The maximum atomic E-state index is 11.8. The number of hydrogen-bond donors (Lipinski definition) is 2. The molecule has 0 heterocycles. The lowest BCUT2D eigenvalue weighted by Gasteiger charge is -2.05. The van der Waals surface area contributed by atoms with E-state index in [1.807, 2.05) is 0 Å². The molecule has 0 aliphatic heterocycles. The standard InChI is InChI=1S/C12H15ClN2O4S/c13-10-8-9(2-3-11(10)15(18)19)12(17)14-4-7-20-6-1-5-16/h2-3,8,16H,1,4-7H2,(H,14,17). The summed E-state index contributed by atoms with van der Waals surface area (Å²) in [6.07, 6.45) is 0.733. The number of aliphatic hydroxyl groups excluding tert-OH is 1. The van der Waals surface area contributed by atoms with Gasteiger partial charge in [0.15, 0.2) is 0 Å². The van der Waals surface area contributed by atoms with Crippen LogP contribution in [0.1, 0.15) is 16.8 Å². The van der Waals surface area contributed by atoms with Gasteiger partial charge in [-0.3, -0.25) is 14.9 Å². The largest absolute Gasteiger partial charge is 0.396 e. The van der Waals surface area contributed by atoms with E-state index in [1.54, 1.807) is 11.8 Å². The molecule has 8 heteroatoms. The molecule has 0 atom stereocenters. The van der Waals surface area contributed by atoms with Crippen LogP contribution in [0.3, 0.4) is 0 Å². The molecule has 0 bridgehead atoms. The van der Waals surface area contributed by atoms with Gasteiger partial charge >= 0.3 is 0 Å². The summed E-state index contributed by atoms with van der Waals surface area (Å²) in [5.74, 6) is 1.27. The number of aliphatic hydroxyl groups is 1. The van der Waals surface area contributed by atoms with Crippen molar-refractivity contribution in [3.63, 3.8) is 0 Å². The monoisotopic (exact) mass is 318 g/mol. The van der Waals surface area contributed by atoms with Gasteiger partial charge in [-0.15, -0.1) is 0 Å². The molecule has 0 aliphatic rings. The number of amides is 1. The number of nitro groups is 1. The van der Waals surface area contributed by atoms with Crippen LogP contribution in [0.15, 0.2) is 18.2 Å². The maximum absolute atomic E-state index is 11.8. The van der Waals surface area contributed by atoms with Crippen molar-refractivity contribution in [1.82, 2.24) is 5.32 Å². The highest BCUT2D eigenvalue weighted by Crippen LogP contribution is 2.24. The van der Waals surface area contributed by atoms with Crippen LogP contribution < -0.4 is 5.32 Å². The van der Waals surface area contributed by atoms with Crippen LogP contribution in [0.5, 0.6) is 0 Å². The fourth-order valence-electron chi connectivity index (χ4n) is 1.40. The molecule has 0 aromatic heterocycles. The number of nitro benzene ring substituents is 1. The molecule has 110 valence electrons. The fourth-order valence-corrected chi connectivity index (χ4v) is 2.44. The molecule has 1 amide bonds. The number of nitrogens with zero attached hydrogens (tertiary/aromatic N) is 1. The highest BCUT2D eigenvalue weighted by atomic mass is 35.5. The Balaban J connectivity index is 2.44. The first-order chi connectivity index (χ1) is 9.56. The summed E-state index contributed by atoms with van der Waals surface area (Å²) in [5, 5.41) is 21.8. The van der Waals surface area contributed by atoms with Crippen molar-refractivity contribution in [3.05, 3.63) is 38.9 Å². The highest BCUT2D eigenvalue weighted by Gasteiger charge is 2.14. The second-order valence-corrected chi connectivity index (χ2v) is 5.50. The second kappa shape index (κ2) is 8.78. The summed E-state index contributed by atoms with van der Waals surface area (Å²) in [5.41, 5.74) is 0.0729. The lowest BCUT2D eigenvalue weighted by molar-refractivity contribution is -0.384. The van der Waals surface area contributed by atoms with E-state index < -0.39 is 4.92 Å². The summed E-state index contributed by atoms with van der Waals surface area (Å²) in [4.78, 5) is 21.8. The molecular weight excluding hydrogens is 304 g/mol. The minimum atomic E-state index is -0.595. The zero-order chi connectivity index (χ0) is 15.0. The molecule has 0 aliphatic carbocycles. The lowest BCUT2D eigenvalue weighted by Crippen LogP contribution is -2.25. The summed E-state index contributed by atoms with van der Waals surface area (Å²) < 4.78 is 0. The summed E-state index contributed by atoms with van der Waals surface area (Å²) >= 11 is 7.37. The molecule has 1 rings (SSSR count). The Morgan fingerprint density at radius 2 is 2.20 bits per heavy atom. The van der Waals surface area contributed by atoms with Gasteiger partial charge in [0.2, 0.25) is 0 Å². The average Bonchev–Trinajstić information content (AvgIpc) is 2.41. The van der Waals surface area contributed by atoms with E-state index in [2.05, 4.69) is 5.32 Å². The zero-order valence-corrected chi connectivity index (χ0v) is 12.2. The molecule has 6 nitrogen and oxygen atoms in total. The van der Waals surface area contributed by atoms with Gasteiger partial charge in [-0.1, -0.05) is 11.6 Å². The summed E-state index contributed by atoms with van der Waals surface area (Å²) in [6, 6.07) is 3.87. The van der Waals surface area contributed by atoms with Crippen molar-refractivity contribution in [2.75, 3.05) is 24.7 Å². The number of benzene rings is 1. The Morgan fingerprint density at radius 1 is 1.45 bits per heavy atom. The Kier molecular flexibility index (Phi) is 7.35. The van der Waals surface area contributed by atoms with E-state index in [4.69, 9.17) is 16.7 Å². The first-order valence-electron chi connectivity index (χ1n) is 5.97. The lowest BCUT2D eigenvalue weighted by atomic mass is 10.2. The minimum Gasteiger partial charge on any atom is -0.396 e. The predicted molar refractivity (Wildman–Crippen MR) is 79.5 cm³/mol. The van der Waals surface area contributed by atoms with Crippen molar-refractivity contribution in [2.45, 2.75) is 6.42 Å². The van der Waals surface area contributed by atoms with E-state index >= 15 is 0 Å². The second-order valence-electron chi connectivity index (χ2n) is 3.87. The van der Waals surface area contributed by atoms with Crippen LogP contribution in [0.2, 0.25) is 5.02 Å². The number of nitrogens with one attached hydrogen (secondary N) is 1. The van der Waals surface area contributed by atoms with Crippen LogP contribution in [-0.2, 0) is 0 Å². The van der Waals surface area contributed by atoms with E-state index in [1.165, 1.54) is 18.2 Å². The van der Waals surface area contributed by atoms with Crippen molar-refractivity contribution < 1.29 is 14.8 Å². The van der Waals surface area contributed by atoms with Crippen molar-refractivity contribution in [3.8, 4) is 0 Å².